The van der Waals surface area contributed by atoms with Gasteiger partial charge in [0.05, 0.1) is 18.5 Å². The highest BCUT2D eigenvalue weighted by molar-refractivity contribution is 6.09. The van der Waals surface area contributed by atoms with Gasteiger partial charge in [-0.15, -0.1) is 0 Å². The minimum atomic E-state index is 0.766. The van der Waals surface area contributed by atoms with E-state index in [0.29, 0.717) is 0 Å². The van der Waals surface area contributed by atoms with Gasteiger partial charge in [-0.3, -0.25) is 0 Å². The monoisotopic (exact) mass is 148 g/mol. The zero-order chi connectivity index (χ0) is 7.68. The van der Waals surface area contributed by atoms with Gasteiger partial charge in [-0.25, -0.2) is 9.98 Å². The quantitative estimate of drug-likeness (QED) is 0.551. The Kier molecular flexibility index (Phi) is 1.35. The van der Waals surface area contributed by atoms with Crippen molar-refractivity contribution in [2.75, 3.05) is 7.11 Å². The molecule has 0 fully saturated rings. The highest BCUT2D eigenvalue weighted by Gasteiger charge is 2.15. The molecule has 1 aliphatic heterocycles. The van der Waals surface area contributed by atoms with E-state index in [1.54, 1.807) is 13.4 Å². The second kappa shape index (κ2) is 2.34. The van der Waals surface area contributed by atoms with Gasteiger partial charge < -0.3 is 4.74 Å². The molecule has 2 rings (SSSR count). The van der Waals surface area contributed by atoms with E-state index >= 15 is 0 Å². The number of hydrogen-bond acceptors (Lipinski definition) is 3. The normalized spacial score (nSPS) is 20.3. The summed E-state index contributed by atoms with van der Waals surface area (Å²) in [5.41, 5.74) is 1.97. The van der Waals surface area contributed by atoms with E-state index in [9.17, 15) is 0 Å². The number of rotatable bonds is 1. The van der Waals surface area contributed by atoms with Crippen LogP contribution < -0.4 is 0 Å². The van der Waals surface area contributed by atoms with Gasteiger partial charge in [0.25, 0.3) is 0 Å². The number of ether oxygens (including phenoxy) is 1. The Morgan fingerprint density at radius 3 is 3.18 bits per heavy atom. The summed E-state index contributed by atoms with van der Waals surface area (Å²) in [6.45, 7) is 0. The summed E-state index contributed by atoms with van der Waals surface area (Å²) in [6.07, 6.45) is 6.19. The fourth-order valence-electron chi connectivity index (χ4n) is 1.11. The third-order valence-corrected chi connectivity index (χ3v) is 1.74. The Morgan fingerprint density at radius 2 is 2.36 bits per heavy atom. The van der Waals surface area contributed by atoms with Gasteiger partial charge in [0.2, 0.25) is 0 Å². The first kappa shape index (κ1) is 6.34. The first-order valence-electron chi connectivity index (χ1n) is 3.44. The smallest absolute Gasteiger partial charge is 0.116 e. The fourth-order valence-corrected chi connectivity index (χ4v) is 1.11. The van der Waals surface area contributed by atoms with E-state index in [1.807, 2.05) is 12.2 Å². The Bertz CT molecular complexity index is 297. The summed E-state index contributed by atoms with van der Waals surface area (Å²) in [4.78, 5) is 8.15. The molecule has 0 radical (unpaired) electrons. The maximum absolute atomic E-state index is 5.08. The average Bonchev–Trinajstić information content (AvgIpc) is 2.50. The van der Waals surface area contributed by atoms with Crippen molar-refractivity contribution < 1.29 is 4.74 Å². The Balaban J connectivity index is 2.30. The lowest BCUT2D eigenvalue weighted by molar-refractivity contribution is 0.287. The largest absolute Gasteiger partial charge is 0.501 e. The van der Waals surface area contributed by atoms with E-state index in [4.69, 9.17) is 4.74 Å². The third-order valence-electron chi connectivity index (χ3n) is 1.74. The number of fused-ring (bicyclic) bond motifs is 1. The molecule has 3 nitrogen and oxygen atoms in total. The minimum absolute atomic E-state index is 0.766. The molecule has 0 spiro atoms. The highest BCUT2D eigenvalue weighted by atomic mass is 16.5. The van der Waals surface area contributed by atoms with Gasteiger partial charge in [0, 0.05) is 6.42 Å². The second-order valence-electron chi connectivity index (χ2n) is 2.39. The number of nitrogens with zero attached hydrogens (tertiary/aromatic N) is 2. The molecule has 0 aromatic carbocycles. The van der Waals surface area contributed by atoms with Gasteiger partial charge >= 0.3 is 0 Å². The van der Waals surface area contributed by atoms with Gasteiger partial charge in [-0.2, -0.15) is 0 Å². The van der Waals surface area contributed by atoms with Crippen LogP contribution in [0.5, 0.6) is 0 Å². The van der Waals surface area contributed by atoms with Crippen LogP contribution in [0.3, 0.4) is 0 Å². The summed E-state index contributed by atoms with van der Waals surface area (Å²) < 4.78 is 5.08. The van der Waals surface area contributed by atoms with Crippen molar-refractivity contribution in [2.45, 2.75) is 6.42 Å². The fraction of sp³-hybridized carbons (Fsp3) is 0.250. The van der Waals surface area contributed by atoms with Crippen LogP contribution in [0.4, 0.5) is 0 Å². The zero-order valence-corrected chi connectivity index (χ0v) is 6.24. The number of hydrogen-bond donors (Lipinski definition) is 0. The predicted molar refractivity (Wildman–Crippen MR) is 43.7 cm³/mol. The van der Waals surface area contributed by atoms with Gasteiger partial charge in [0.15, 0.2) is 0 Å². The molecule has 0 saturated heterocycles. The van der Waals surface area contributed by atoms with Crippen LogP contribution >= 0.6 is 0 Å². The van der Waals surface area contributed by atoms with E-state index in [2.05, 4.69) is 9.98 Å². The van der Waals surface area contributed by atoms with Crippen molar-refractivity contribution in [1.29, 1.82) is 0 Å². The molecule has 1 heterocycles. The summed E-state index contributed by atoms with van der Waals surface area (Å²) in [6, 6.07) is 0. The van der Waals surface area contributed by atoms with Crippen LogP contribution in [0.2, 0.25) is 0 Å². The first-order valence-corrected chi connectivity index (χ1v) is 3.44. The minimum Gasteiger partial charge on any atom is -0.501 e. The molecular weight excluding hydrogens is 140 g/mol. The summed E-state index contributed by atoms with van der Waals surface area (Å²) in [5.74, 6) is 0.943. The first-order chi connectivity index (χ1) is 5.40. The summed E-state index contributed by atoms with van der Waals surface area (Å²) >= 11 is 0. The van der Waals surface area contributed by atoms with Crippen LogP contribution in [0.15, 0.2) is 33.6 Å². The number of aliphatic imine (C=N–C) groups is 2. The SMILES string of the molecule is COC1=CC=C2N=CN=C2C1. The van der Waals surface area contributed by atoms with E-state index in [1.165, 1.54) is 0 Å². The van der Waals surface area contributed by atoms with Gasteiger partial charge in [-0.05, 0) is 12.2 Å². The topological polar surface area (TPSA) is 34.0 Å². The molecular formula is C8H8N2O. The van der Waals surface area contributed by atoms with E-state index in [-0.39, 0.29) is 0 Å². The maximum Gasteiger partial charge on any atom is 0.116 e. The molecule has 0 amide bonds. The lowest BCUT2D eigenvalue weighted by Gasteiger charge is -2.09. The zero-order valence-electron chi connectivity index (χ0n) is 6.24. The molecule has 3 heteroatoms. The average molecular weight is 148 g/mol. The lowest BCUT2D eigenvalue weighted by Crippen LogP contribution is -2.04. The second-order valence-corrected chi connectivity index (χ2v) is 2.39. The molecule has 2 aliphatic rings. The standard InChI is InChI=1S/C8H8N2O/c1-11-6-2-3-7-8(4-6)10-5-9-7/h2-3,5H,4H2,1H3. The molecule has 0 aromatic rings. The number of methoxy groups -OCH3 is 1. The summed E-state index contributed by atoms with van der Waals surface area (Å²) in [7, 11) is 1.67. The van der Waals surface area contributed by atoms with Crippen molar-refractivity contribution >= 4 is 12.1 Å². The third kappa shape index (κ3) is 0.981. The van der Waals surface area contributed by atoms with E-state index in [0.717, 1.165) is 23.6 Å². The molecule has 0 atom stereocenters. The van der Waals surface area contributed by atoms with Crippen molar-refractivity contribution in [2.24, 2.45) is 9.98 Å². The van der Waals surface area contributed by atoms with Crippen LogP contribution in [0.1, 0.15) is 6.42 Å². The van der Waals surface area contributed by atoms with Crippen molar-refractivity contribution in [1.82, 2.24) is 0 Å². The van der Waals surface area contributed by atoms with Crippen LogP contribution in [0.25, 0.3) is 0 Å². The van der Waals surface area contributed by atoms with Gasteiger partial charge in [-0.1, -0.05) is 0 Å². The van der Waals surface area contributed by atoms with Crippen LogP contribution in [-0.4, -0.2) is 19.2 Å². The molecule has 0 aromatic heterocycles. The van der Waals surface area contributed by atoms with Crippen molar-refractivity contribution in [3.05, 3.63) is 23.6 Å². The lowest BCUT2D eigenvalue weighted by atomic mass is 10.1. The molecule has 0 saturated carbocycles. The van der Waals surface area contributed by atoms with Crippen molar-refractivity contribution in [3.63, 3.8) is 0 Å². The molecule has 0 unspecified atom stereocenters. The van der Waals surface area contributed by atoms with E-state index < -0.39 is 0 Å². The molecule has 11 heavy (non-hydrogen) atoms. The molecule has 1 aliphatic carbocycles. The van der Waals surface area contributed by atoms with Crippen molar-refractivity contribution in [3.8, 4) is 0 Å². The molecule has 56 valence electrons. The number of allylic oxidation sites excluding steroid dienone is 4. The Labute approximate surface area is 64.8 Å². The maximum atomic E-state index is 5.08. The van der Waals surface area contributed by atoms with Crippen LogP contribution in [0, 0.1) is 0 Å². The highest BCUT2D eigenvalue weighted by Crippen LogP contribution is 2.19. The predicted octanol–water partition coefficient (Wildman–Crippen LogP) is 1.29. The Morgan fingerprint density at radius 1 is 1.45 bits per heavy atom. The van der Waals surface area contributed by atoms with Crippen LogP contribution in [-0.2, 0) is 4.74 Å². The van der Waals surface area contributed by atoms with Gasteiger partial charge in [0.1, 0.15) is 12.1 Å². The molecule has 0 bridgehead atoms. The summed E-state index contributed by atoms with van der Waals surface area (Å²) in [5, 5.41) is 0. The molecule has 0 N–H and O–H groups in total. The Hall–Kier alpha value is -1.38.